The molecule has 2 aromatic heterocycles. The smallest absolute Gasteiger partial charge is 0.244 e. The van der Waals surface area contributed by atoms with E-state index < -0.39 is 10.0 Å². The van der Waals surface area contributed by atoms with E-state index in [2.05, 4.69) is 15.5 Å². The molecule has 0 spiro atoms. The van der Waals surface area contributed by atoms with Crippen LogP contribution in [0, 0.1) is 0 Å². The minimum Gasteiger partial charge on any atom is -0.342 e. The molecule has 10 heteroatoms. The van der Waals surface area contributed by atoms with Crippen molar-refractivity contribution in [2.75, 3.05) is 28.6 Å². The summed E-state index contributed by atoms with van der Waals surface area (Å²) >= 11 is 1.71. The zero-order valence-corrected chi connectivity index (χ0v) is 19.3. The van der Waals surface area contributed by atoms with Gasteiger partial charge in [0.2, 0.25) is 15.9 Å². The highest BCUT2D eigenvalue weighted by Crippen LogP contribution is 2.24. The van der Waals surface area contributed by atoms with Gasteiger partial charge in [0.15, 0.2) is 11.5 Å². The Balaban J connectivity index is 1.45. The zero-order chi connectivity index (χ0) is 22.6. The van der Waals surface area contributed by atoms with E-state index in [-0.39, 0.29) is 17.7 Å². The molecule has 168 valence electrons. The molecule has 0 radical (unpaired) electrons. The molecule has 0 saturated carbocycles. The van der Waals surface area contributed by atoms with Gasteiger partial charge in [-0.3, -0.25) is 13.5 Å². The van der Waals surface area contributed by atoms with Gasteiger partial charge < -0.3 is 5.32 Å². The lowest BCUT2D eigenvalue weighted by Crippen LogP contribution is -2.29. The van der Waals surface area contributed by atoms with Crippen molar-refractivity contribution in [2.24, 2.45) is 0 Å². The molecule has 3 heterocycles. The average Bonchev–Trinajstić information content (AvgIpc) is 3.38. The second-order valence-corrected chi connectivity index (χ2v) is 10.5. The van der Waals surface area contributed by atoms with Crippen molar-refractivity contribution in [1.82, 2.24) is 19.9 Å². The molecule has 4 rings (SSSR count). The molecule has 0 aliphatic carbocycles. The van der Waals surface area contributed by atoms with Crippen LogP contribution in [0.25, 0.3) is 11.7 Å². The number of pyridine rings is 1. The van der Waals surface area contributed by atoms with Crippen molar-refractivity contribution in [3.8, 4) is 0 Å². The number of nitrogens with zero attached hydrogens (tertiary/aromatic N) is 4. The van der Waals surface area contributed by atoms with Crippen molar-refractivity contribution in [1.29, 1.82) is 0 Å². The Hall–Kier alpha value is -2.85. The minimum atomic E-state index is -3.20. The fourth-order valence-electron chi connectivity index (χ4n) is 3.67. The number of carbonyl (C=O) groups excluding carboxylic acids is 1. The Labute approximate surface area is 191 Å². The lowest BCUT2D eigenvalue weighted by molar-refractivity contribution is -0.117. The lowest BCUT2D eigenvalue weighted by atomic mass is 10.1. The maximum atomic E-state index is 12.6. The summed E-state index contributed by atoms with van der Waals surface area (Å²) in [5, 5.41) is 11.5. The van der Waals surface area contributed by atoms with Gasteiger partial charge in [-0.2, -0.15) is 11.8 Å². The van der Waals surface area contributed by atoms with Gasteiger partial charge >= 0.3 is 0 Å². The molecule has 1 fully saturated rings. The van der Waals surface area contributed by atoms with Crippen molar-refractivity contribution in [3.05, 3.63) is 66.1 Å². The van der Waals surface area contributed by atoms with Gasteiger partial charge in [0.05, 0.1) is 17.5 Å². The molecule has 1 aromatic carbocycles. The normalized spacial score (nSPS) is 16.6. The van der Waals surface area contributed by atoms with Crippen LogP contribution in [0.4, 0.5) is 5.69 Å². The summed E-state index contributed by atoms with van der Waals surface area (Å²) in [5.74, 6) is 1.54. The van der Waals surface area contributed by atoms with Crippen molar-refractivity contribution < 1.29 is 13.2 Å². The number of sulfonamides is 1. The first kappa shape index (κ1) is 22.3. The molecular weight excluding hydrogens is 446 g/mol. The molecular formula is C22H25N5O3S2. The molecule has 8 nitrogen and oxygen atoms in total. The van der Waals surface area contributed by atoms with E-state index in [1.165, 1.54) is 10.4 Å². The maximum absolute atomic E-state index is 12.6. The predicted molar refractivity (Wildman–Crippen MR) is 128 cm³/mol. The van der Waals surface area contributed by atoms with Crippen LogP contribution in [0.5, 0.6) is 0 Å². The van der Waals surface area contributed by atoms with Gasteiger partial charge in [0.1, 0.15) is 0 Å². The molecule has 1 amide bonds. The van der Waals surface area contributed by atoms with Crippen LogP contribution in [0.3, 0.4) is 0 Å². The molecule has 1 aliphatic heterocycles. The standard InChI is InChI=1S/C22H25N5O3S2/c1-31-15-12-19(22-25-24-20-5-2-3-13-26(20)22)23-21(28)11-8-17-6-9-18(10-7-17)27-14-4-16-32(27,29)30/h2-3,5-11,13,19H,4,12,14-16H2,1H3,(H,23,28)/b11-8+. The fourth-order valence-corrected chi connectivity index (χ4v) is 5.71. The third-order valence-electron chi connectivity index (χ3n) is 5.29. The van der Waals surface area contributed by atoms with Gasteiger partial charge in [-0.25, -0.2) is 8.42 Å². The molecule has 1 aliphatic rings. The Kier molecular flexibility index (Phi) is 6.80. The largest absolute Gasteiger partial charge is 0.342 e. The third kappa shape index (κ3) is 4.97. The van der Waals surface area contributed by atoms with Crippen LogP contribution in [-0.4, -0.2) is 53.2 Å². The van der Waals surface area contributed by atoms with Gasteiger partial charge in [-0.05, 0) is 60.8 Å². The van der Waals surface area contributed by atoms with Gasteiger partial charge in [0, 0.05) is 18.8 Å². The first-order valence-electron chi connectivity index (χ1n) is 10.4. The number of rotatable bonds is 8. The van der Waals surface area contributed by atoms with E-state index in [4.69, 9.17) is 0 Å². The lowest BCUT2D eigenvalue weighted by Gasteiger charge is -2.17. The Bertz CT molecular complexity index is 1220. The first-order chi connectivity index (χ1) is 15.5. The van der Waals surface area contributed by atoms with Crippen LogP contribution in [-0.2, 0) is 14.8 Å². The first-order valence-corrected chi connectivity index (χ1v) is 13.4. The molecule has 32 heavy (non-hydrogen) atoms. The second kappa shape index (κ2) is 9.74. The highest BCUT2D eigenvalue weighted by molar-refractivity contribution is 7.98. The molecule has 0 bridgehead atoms. The summed E-state index contributed by atoms with van der Waals surface area (Å²) < 4.78 is 27.5. The monoisotopic (exact) mass is 471 g/mol. The van der Waals surface area contributed by atoms with Crippen LogP contribution >= 0.6 is 11.8 Å². The molecule has 3 aromatic rings. The highest BCUT2D eigenvalue weighted by atomic mass is 32.2. The summed E-state index contributed by atoms with van der Waals surface area (Å²) in [6, 6.07) is 12.6. The zero-order valence-electron chi connectivity index (χ0n) is 17.7. The summed E-state index contributed by atoms with van der Waals surface area (Å²) in [6.07, 6.45) is 8.49. The number of nitrogens with one attached hydrogen (secondary N) is 1. The topological polar surface area (TPSA) is 96.7 Å². The number of thioether (sulfide) groups is 1. The summed E-state index contributed by atoms with van der Waals surface area (Å²) in [7, 11) is -3.20. The number of aromatic nitrogens is 3. The Morgan fingerprint density at radius 3 is 2.75 bits per heavy atom. The quantitative estimate of drug-likeness (QED) is 0.508. The van der Waals surface area contributed by atoms with E-state index in [9.17, 15) is 13.2 Å². The Morgan fingerprint density at radius 1 is 1.22 bits per heavy atom. The Morgan fingerprint density at radius 2 is 2.03 bits per heavy atom. The number of anilines is 1. The second-order valence-electron chi connectivity index (χ2n) is 7.50. The average molecular weight is 472 g/mol. The van der Waals surface area contributed by atoms with Crippen LogP contribution in [0.2, 0.25) is 0 Å². The predicted octanol–water partition coefficient (Wildman–Crippen LogP) is 2.89. The van der Waals surface area contributed by atoms with Crippen LogP contribution in [0.15, 0.2) is 54.7 Å². The SMILES string of the molecule is CSCCC(NC(=O)/C=C/c1ccc(N2CCCS2(=O)=O)cc1)c1nnc2ccccn12. The van der Waals surface area contributed by atoms with Gasteiger partial charge in [-0.1, -0.05) is 18.2 Å². The number of hydrogen-bond donors (Lipinski definition) is 1. The summed E-state index contributed by atoms with van der Waals surface area (Å²) in [6.45, 7) is 0.509. The third-order valence-corrected chi connectivity index (χ3v) is 7.80. The summed E-state index contributed by atoms with van der Waals surface area (Å²) in [5.41, 5.74) is 2.20. The van der Waals surface area contributed by atoms with E-state index in [0.717, 1.165) is 23.4 Å². The van der Waals surface area contributed by atoms with Crippen molar-refractivity contribution >= 4 is 45.1 Å². The molecule has 1 N–H and O–H groups in total. The number of amides is 1. The van der Waals surface area contributed by atoms with E-state index in [1.807, 2.05) is 47.2 Å². The van der Waals surface area contributed by atoms with E-state index >= 15 is 0 Å². The number of hydrogen-bond acceptors (Lipinski definition) is 6. The minimum absolute atomic E-state index is 0.188. The molecule has 1 unspecified atom stereocenters. The number of carbonyl (C=O) groups is 1. The van der Waals surface area contributed by atoms with Crippen LogP contribution < -0.4 is 9.62 Å². The van der Waals surface area contributed by atoms with Crippen molar-refractivity contribution in [3.63, 3.8) is 0 Å². The highest BCUT2D eigenvalue weighted by Gasteiger charge is 2.28. The van der Waals surface area contributed by atoms with Gasteiger partial charge in [-0.15, -0.1) is 10.2 Å². The van der Waals surface area contributed by atoms with Crippen molar-refractivity contribution in [2.45, 2.75) is 18.9 Å². The number of benzene rings is 1. The number of fused-ring (bicyclic) bond motifs is 1. The summed E-state index contributed by atoms with van der Waals surface area (Å²) in [4.78, 5) is 12.6. The molecule has 1 atom stereocenters. The van der Waals surface area contributed by atoms with E-state index in [1.54, 1.807) is 30.0 Å². The maximum Gasteiger partial charge on any atom is 0.244 e. The molecule has 1 saturated heterocycles. The van der Waals surface area contributed by atoms with Gasteiger partial charge in [0.25, 0.3) is 0 Å². The van der Waals surface area contributed by atoms with Crippen LogP contribution in [0.1, 0.15) is 30.3 Å². The van der Waals surface area contributed by atoms with E-state index in [0.29, 0.717) is 24.5 Å². The fraction of sp³-hybridized carbons (Fsp3) is 0.318.